The third-order valence-electron chi connectivity index (χ3n) is 3.96. The first kappa shape index (κ1) is 15.0. The predicted molar refractivity (Wildman–Crippen MR) is 82.6 cm³/mol. The molecule has 1 unspecified atom stereocenters. The van der Waals surface area contributed by atoms with Gasteiger partial charge in [-0.2, -0.15) is 0 Å². The lowest BCUT2D eigenvalue weighted by Crippen LogP contribution is -2.34. The molecular weight excluding hydrogens is 248 g/mol. The number of carbonyl (C=O) groups is 1. The first-order chi connectivity index (χ1) is 9.74. The normalized spacial score (nSPS) is 15.9. The zero-order valence-corrected chi connectivity index (χ0v) is 12.6. The summed E-state index contributed by atoms with van der Waals surface area (Å²) in [6, 6.07) is 9.20. The standard InChI is InChI=1S/C17H26N2O/c1-3-13-5-7-14(8-6-13)16(4-2)18-11-12-19-17(20)15-9-10-15/h5-8,15-16,18H,3-4,9-12H2,1-2H3,(H,19,20). The van der Waals surface area contributed by atoms with Gasteiger partial charge < -0.3 is 10.6 Å². The molecule has 1 aliphatic carbocycles. The van der Waals surface area contributed by atoms with Crippen molar-refractivity contribution in [3.63, 3.8) is 0 Å². The summed E-state index contributed by atoms with van der Waals surface area (Å²) in [5.74, 6) is 0.533. The molecule has 1 aromatic carbocycles. The quantitative estimate of drug-likeness (QED) is 0.716. The van der Waals surface area contributed by atoms with Crippen molar-refractivity contribution in [3.05, 3.63) is 35.4 Å². The van der Waals surface area contributed by atoms with Gasteiger partial charge in [0.1, 0.15) is 0 Å². The van der Waals surface area contributed by atoms with Gasteiger partial charge in [-0.25, -0.2) is 0 Å². The van der Waals surface area contributed by atoms with Crippen LogP contribution in [0.4, 0.5) is 0 Å². The van der Waals surface area contributed by atoms with Crippen molar-refractivity contribution in [1.82, 2.24) is 10.6 Å². The number of amides is 1. The Bertz CT molecular complexity index is 423. The van der Waals surface area contributed by atoms with Crippen LogP contribution in [0, 0.1) is 5.92 Å². The maximum absolute atomic E-state index is 11.5. The lowest BCUT2D eigenvalue weighted by atomic mass is 10.0. The van der Waals surface area contributed by atoms with E-state index in [4.69, 9.17) is 0 Å². The monoisotopic (exact) mass is 274 g/mol. The number of benzene rings is 1. The molecule has 3 nitrogen and oxygen atoms in total. The molecule has 20 heavy (non-hydrogen) atoms. The number of nitrogens with one attached hydrogen (secondary N) is 2. The van der Waals surface area contributed by atoms with Crippen molar-refractivity contribution in [3.8, 4) is 0 Å². The fourth-order valence-corrected chi connectivity index (χ4v) is 2.41. The van der Waals surface area contributed by atoms with Crippen molar-refractivity contribution in [1.29, 1.82) is 0 Å². The molecule has 1 amide bonds. The second-order valence-corrected chi connectivity index (χ2v) is 5.58. The van der Waals surface area contributed by atoms with Crippen LogP contribution in [0.5, 0.6) is 0 Å². The summed E-state index contributed by atoms with van der Waals surface area (Å²) in [5, 5.41) is 6.52. The molecule has 0 saturated heterocycles. The Labute approximate surface area is 122 Å². The Morgan fingerprint density at radius 1 is 1.20 bits per heavy atom. The van der Waals surface area contributed by atoms with Crippen LogP contribution < -0.4 is 10.6 Å². The lowest BCUT2D eigenvalue weighted by Gasteiger charge is -2.18. The summed E-state index contributed by atoms with van der Waals surface area (Å²) < 4.78 is 0. The van der Waals surface area contributed by atoms with Crippen LogP contribution in [0.2, 0.25) is 0 Å². The van der Waals surface area contributed by atoms with Crippen LogP contribution in [0.1, 0.15) is 50.3 Å². The Balaban J connectivity index is 1.74. The van der Waals surface area contributed by atoms with Crippen LogP contribution in [0.25, 0.3) is 0 Å². The van der Waals surface area contributed by atoms with Gasteiger partial charge in [-0.15, -0.1) is 0 Å². The SMILES string of the molecule is CCc1ccc(C(CC)NCCNC(=O)C2CC2)cc1. The topological polar surface area (TPSA) is 41.1 Å². The number of rotatable bonds is 8. The largest absolute Gasteiger partial charge is 0.355 e. The summed E-state index contributed by atoms with van der Waals surface area (Å²) in [7, 11) is 0. The van der Waals surface area contributed by atoms with Crippen molar-refractivity contribution < 1.29 is 4.79 Å². The molecule has 110 valence electrons. The molecule has 1 fully saturated rings. The second-order valence-electron chi connectivity index (χ2n) is 5.58. The minimum absolute atomic E-state index is 0.229. The Hall–Kier alpha value is -1.35. The van der Waals surface area contributed by atoms with E-state index in [0.717, 1.165) is 38.8 Å². The Morgan fingerprint density at radius 2 is 1.90 bits per heavy atom. The summed E-state index contributed by atoms with van der Waals surface area (Å²) in [4.78, 5) is 11.5. The van der Waals surface area contributed by atoms with E-state index in [1.165, 1.54) is 11.1 Å². The van der Waals surface area contributed by atoms with Crippen molar-refractivity contribution >= 4 is 5.91 Å². The average molecular weight is 274 g/mol. The van der Waals surface area contributed by atoms with Gasteiger partial charge in [0.05, 0.1) is 0 Å². The smallest absolute Gasteiger partial charge is 0.223 e. The summed E-state index contributed by atoms with van der Waals surface area (Å²) in [6.45, 7) is 5.91. The molecule has 0 spiro atoms. The molecule has 1 saturated carbocycles. The van der Waals surface area contributed by atoms with Gasteiger partial charge >= 0.3 is 0 Å². The van der Waals surface area contributed by atoms with Gasteiger partial charge in [-0.05, 0) is 36.8 Å². The highest BCUT2D eigenvalue weighted by molar-refractivity contribution is 5.80. The van der Waals surface area contributed by atoms with E-state index in [1.807, 2.05) is 0 Å². The highest BCUT2D eigenvalue weighted by Gasteiger charge is 2.28. The minimum atomic E-state index is 0.229. The molecule has 1 atom stereocenters. The van der Waals surface area contributed by atoms with Crippen LogP contribution in [0.15, 0.2) is 24.3 Å². The average Bonchev–Trinajstić information content (AvgIpc) is 3.32. The van der Waals surface area contributed by atoms with Gasteiger partial charge in [-0.1, -0.05) is 38.1 Å². The second kappa shape index (κ2) is 7.44. The van der Waals surface area contributed by atoms with E-state index in [9.17, 15) is 4.79 Å². The first-order valence-corrected chi connectivity index (χ1v) is 7.84. The molecule has 0 bridgehead atoms. The number of hydrogen-bond donors (Lipinski definition) is 2. The van der Waals surface area contributed by atoms with E-state index < -0.39 is 0 Å². The molecule has 2 rings (SSSR count). The van der Waals surface area contributed by atoms with E-state index >= 15 is 0 Å². The zero-order valence-electron chi connectivity index (χ0n) is 12.6. The molecule has 1 aliphatic rings. The third-order valence-corrected chi connectivity index (χ3v) is 3.96. The van der Waals surface area contributed by atoms with Crippen molar-refractivity contribution in [2.24, 2.45) is 5.92 Å². The van der Waals surface area contributed by atoms with Gasteiger partial charge in [0, 0.05) is 25.0 Å². The van der Waals surface area contributed by atoms with E-state index in [0.29, 0.717) is 12.0 Å². The number of hydrogen-bond acceptors (Lipinski definition) is 2. The number of aryl methyl sites for hydroxylation is 1. The highest BCUT2D eigenvalue weighted by atomic mass is 16.2. The Kier molecular flexibility index (Phi) is 5.60. The van der Waals surface area contributed by atoms with E-state index in [1.54, 1.807) is 0 Å². The maximum Gasteiger partial charge on any atom is 0.223 e. The van der Waals surface area contributed by atoms with Crippen LogP contribution in [-0.4, -0.2) is 19.0 Å². The molecule has 0 radical (unpaired) electrons. The highest BCUT2D eigenvalue weighted by Crippen LogP contribution is 2.28. The third kappa shape index (κ3) is 4.34. The number of carbonyl (C=O) groups excluding carboxylic acids is 1. The molecule has 0 aromatic heterocycles. The van der Waals surface area contributed by atoms with Gasteiger partial charge in [0.15, 0.2) is 0 Å². The summed E-state index contributed by atoms with van der Waals surface area (Å²) in [6.07, 6.45) is 4.28. The summed E-state index contributed by atoms with van der Waals surface area (Å²) >= 11 is 0. The molecule has 3 heteroatoms. The van der Waals surface area contributed by atoms with Gasteiger partial charge in [-0.3, -0.25) is 4.79 Å². The summed E-state index contributed by atoms with van der Waals surface area (Å²) in [5.41, 5.74) is 2.71. The molecule has 0 aliphatic heterocycles. The molecule has 1 aromatic rings. The molecule has 2 N–H and O–H groups in total. The van der Waals surface area contributed by atoms with Crippen LogP contribution in [-0.2, 0) is 11.2 Å². The molecule has 0 heterocycles. The Morgan fingerprint density at radius 3 is 2.45 bits per heavy atom. The predicted octanol–water partition coefficient (Wildman–Crippen LogP) is 2.82. The fraction of sp³-hybridized carbons (Fsp3) is 0.588. The zero-order chi connectivity index (χ0) is 14.4. The van der Waals surface area contributed by atoms with Crippen LogP contribution in [0.3, 0.4) is 0 Å². The molecular formula is C17H26N2O. The first-order valence-electron chi connectivity index (χ1n) is 7.84. The van der Waals surface area contributed by atoms with E-state index in [-0.39, 0.29) is 5.91 Å². The van der Waals surface area contributed by atoms with E-state index in [2.05, 4.69) is 48.7 Å². The lowest BCUT2D eigenvalue weighted by molar-refractivity contribution is -0.122. The van der Waals surface area contributed by atoms with Crippen molar-refractivity contribution in [2.75, 3.05) is 13.1 Å². The van der Waals surface area contributed by atoms with Crippen molar-refractivity contribution in [2.45, 2.75) is 45.6 Å². The van der Waals surface area contributed by atoms with Gasteiger partial charge in [0.2, 0.25) is 5.91 Å². The van der Waals surface area contributed by atoms with Gasteiger partial charge in [0.25, 0.3) is 0 Å². The maximum atomic E-state index is 11.5. The fourth-order valence-electron chi connectivity index (χ4n) is 2.41. The minimum Gasteiger partial charge on any atom is -0.355 e. The van der Waals surface area contributed by atoms with Crippen LogP contribution >= 0.6 is 0 Å².